The Morgan fingerprint density at radius 3 is 2.75 bits per heavy atom. The highest BCUT2D eigenvalue weighted by Gasteiger charge is 2.26. The molecule has 1 saturated heterocycles. The summed E-state index contributed by atoms with van der Waals surface area (Å²) in [5.41, 5.74) is 0.815. The minimum absolute atomic E-state index is 0.135. The normalized spacial score (nSPS) is 18.9. The van der Waals surface area contributed by atoms with Gasteiger partial charge in [0.15, 0.2) is 0 Å². The molecule has 104 valence electrons. The number of nitrogens with zero attached hydrogens (tertiary/aromatic N) is 5. The topological polar surface area (TPSA) is 76.1 Å². The van der Waals surface area contributed by atoms with Crippen LogP contribution in [0.2, 0.25) is 0 Å². The summed E-state index contributed by atoms with van der Waals surface area (Å²) >= 11 is 0. The number of ether oxygens (including phenoxy) is 1. The van der Waals surface area contributed by atoms with Gasteiger partial charge in [0.25, 0.3) is 0 Å². The van der Waals surface area contributed by atoms with E-state index < -0.39 is 0 Å². The lowest BCUT2D eigenvalue weighted by Gasteiger charge is -2.32. The van der Waals surface area contributed by atoms with Gasteiger partial charge in [0.05, 0.1) is 13.2 Å². The standard InChI is InChI=1S/C13H16N6O/c1-14-12-11(15-5-6-16-12)10-9-19(7-8-20-10)13-17-3-2-4-18-13/h2-6,10H,7-9H2,1H3,(H,14,16)/t10-/m0/s1. The van der Waals surface area contributed by atoms with Crippen LogP contribution >= 0.6 is 0 Å². The average molecular weight is 272 g/mol. The van der Waals surface area contributed by atoms with E-state index in [1.54, 1.807) is 24.8 Å². The lowest BCUT2D eigenvalue weighted by atomic mass is 10.2. The predicted molar refractivity (Wildman–Crippen MR) is 74.5 cm³/mol. The summed E-state index contributed by atoms with van der Waals surface area (Å²) in [6, 6.07) is 1.81. The number of aromatic nitrogens is 4. The highest BCUT2D eigenvalue weighted by atomic mass is 16.5. The first kappa shape index (κ1) is 12.7. The summed E-state index contributed by atoms with van der Waals surface area (Å²) in [5.74, 6) is 1.46. The van der Waals surface area contributed by atoms with E-state index in [0.717, 1.165) is 24.0 Å². The van der Waals surface area contributed by atoms with Crippen LogP contribution in [-0.2, 0) is 4.74 Å². The number of anilines is 2. The van der Waals surface area contributed by atoms with Crippen LogP contribution < -0.4 is 10.2 Å². The Morgan fingerprint density at radius 2 is 1.95 bits per heavy atom. The molecule has 1 aliphatic rings. The molecular weight excluding hydrogens is 256 g/mol. The molecule has 0 spiro atoms. The zero-order chi connectivity index (χ0) is 13.8. The number of hydrogen-bond donors (Lipinski definition) is 1. The summed E-state index contributed by atoms with van der Waals surface area (Å²) in [6.07, 6.45) is 6.69. The van der Waals surface area contributed by atoms with Crippen molar-refractivity contribution < 1.29 is 4.74 Å². The number of hydrogen-bond acceptors (Lipinski definition) is 7. The molecule has 0 bridgehead atoms. The fraction of sp³-hybridized carbons (Fsp3) is 0.385. The van der Waals surface area contributed by atoms with Crippen LogP contribution in [-0.4, -0.2) is 46.7 Å². The monoisotopic (exact) mass is 272 g/mol. The average Bonchev–Trinajstić information content (AvgIpc) is 2.56. The van der Waals surface area contributed by atoms with E-state index in [-0.39, 0.29) is 6.10 Å². The molecule has 20 heavy (non-hydrogen) atoms. The van der Waals surface area contributed by atoms with Gasteiger partial charge in [-0.1, -0.05) is 0 Å². The molecule has 1 aliphatic heterocycles. The predicted octanol–water partition coefficient (Wildman–Crippen LogP) is 0.886. The van der Waals surface area contributed by atoms with E-state index in [1.807, 2.05) is 13.1 Å². The highest BCUT2D eigenvalue weighted by Crippen LogP contribution is 2.26. The van der Waals surface area contributed by atoms with Crippen molar-refractivity contribution in [1.29, 1.82) is 0 Å². The van der Waals surface area contributed by atoms with Crippen molar-refractivity contribution in [3.05, 3.63) is 36.5 Å². The van der Waals surface area contributed by atoms with Gasteiger partial charge >= 0.3 is 0 Å². The van der Waals surface area contributed by atoms with Gasteiger partial charge in [0.1, 0.15) is 17.6 Å². The summed E-state index contributed by atoms with van der Waals surface area (Å²) < 4.78 is 5.82. The van der Waals surface area contributed by atoms with Crippen LogP contribution in [0.3, 0.4) is 0 Å². The number of nitrogens with one attached hydrogen (secondary N) is 1. The maximum absolute atomic E-state index is 5.82. The van der Waals surface area contributed by atoms with E-state index in [9.17, 15) is 0 Å². The van der Waals surface area contributed by atoms with E-state index in [1.165, 1.54) is 0 Å². The Morgan fingerprint density at radius 1 is 1.15 bits per heavy atom. The second kappa shape index (κ2) is 5.79. The quantitative estimate of drug-likeness (QED) is 0.889. The van der Waals surface area contributed by atoms with Gasteiger partial charge in [-0.3, -0.25) is 4.98 Å². The largest absolute Gasteiger partial charge is 0.372 e. The summed E-state index contributed by atoms with van der Waals surface area (Å²) in [5, 5.41) is 3.04. The molecule has 7 heteroatoms. The molecule has 1 fully saturated rings. The molecule has 0 amide bonds. The van der Waals surface area contributed by atoms with Crippen LogP contribution in [0, 0.1) is 0 Å². The maximum Gasteiger partial charge on any atom is 0.225 e. The van der Waals surface area contributed by atoms with E-state index in [2.05, 4.69) is 30.2 Å². The third-order valence-corrected chi connectivity index (χ3v) is 3.17. The molecule has 0 radical (unpaired) electrons. The van der Waals surface area contributed by atoms with Crippen molar-refractivity contribution >= 4 is 11.8 Å². The molecule has 1 atom stereocenters. The van der Waals surface area contributed by atoms with Crippen molar-refractivity contribution in [3.8, 4) is 0 Å². The summed E-state index contributed by atoms with van der Waals surface area (Å²) in [6.45, 7) is 2.05. The van der Waals surface area contributed by atoms with Gasteiger partial charge in [-0.2, -0.15) is 0 Å². The van der Waals surface area contributed by atoms with Gasteiger partial charge in [-0.15, -0.1) is 0 Å². The molecule has 0 saturated carbocycles. The molecule has 2 aromatic heterocycles. The van der Waals surface area contributed by atoms with Gasteiger partial charge in [-0.25, -0.2) is 15.0 Å². The first-order chi connectivity index (χ1) is 9.88. The molecule has 3 rings (SSSR count). The Balaban J connectivity index is 1.82. The van der Waals surface area contributed by atoms with Gasteiger partial charge < -0.3 is 15.0 Å². The minimum atomic E-state index is -0.135. The highest BCUT2D eigenvalue weighted by molar-refractivity contribution is 5.41. The zero-order valence-corrected chi connectivity index (χ0v) is 11.2. The third-order valence-electron chi connectivity index (χ3n) is 3.17. The molecule has 0 unspecified atom stereocenters. The van der Waals surface area contributed by atoms with Crippen molar-refractivity contribution in [1.82, 2.24) is 19.9 Å². The molecular formula is C13H16N6O. The van der Waals surface area contributed by atoms with Crippen molar-refractivity contribution in [2.45, 2.75) is 6.10 Å². The van der Waals surface area contributed by atoms with Crippen LogP contribution in [0.15, 0.2) is 30.9 Å². The second-order valence-corrected chi connectivity index (χ2v) is 4.39. The van der Waals surface area contributed by atoms with E-state index in [4.69, 9.17) is 4.74 Å². The number of rotatable bonds is 3. The SMILES string of the molecule is CNc1nccnc1[C@@H]1CN(c2ncccn2)CCO1. The fourth-order valence-corrected chi connectivity index (χ4v) is 2.23. The van der Waals surface area contributed by atoms with Crippen molar-refractivity contribution in [3.63, 3.8) is 0 Å². The van der Waals surface area contributed by atoms with E-state index in [0.29, 0.717) is 13.2 Å². The van der Waals surface area contributed by atoms with Gasteiger partial charge in [0.2, 0.25) is 5.95 Å². The lowest BCUT2D eigenvalue weighted by molar-refractivity contribution is 0.0367. The van der Waals surface area contributed by atoms with Crippen molar-refractivity contribution in [2.24, 2.45) is 0 Å². The van der Waals surface area contributed by atoms with E-state index >= 15 is 0 Å². The fourth-order valence-electron chi connectivity index (χ4n) is 2.23. The lowest BCUT2D eigenvalue weighted by Crippen LogP contribution is -2.39. The third kappa shape index (κ3) is 2.53. The van der Waals surface area contributed by atoms with Crippen LogP contribution in [0.1, 0.15) is 11.8 Å². The van der Waals surface area contributed by atoms with Gasteiger partial charge in [0, 0.05) is 38.4 Å². The molecule has 7 nitrogen and oxygen atoms in total. The summed E-state index contributed by atoms with van der Waals surface area (Å²) in [7, 11) is 1.83. The Kier molecular flexibility index (Phi) is 3.69. The Hall–Kier alpha value is -2.28. The first-order valence-electron chi connectivity index (χ1n) is 6.50. The van der Waals surface area contributed by atoms with Crippen LogP contribution in [0.5, 0.6) is 0 Å². The maximum atomic E-state index is 5.82. The molecule has 1 N–H and O–H groups in total. The van der Waals surface area contributed by atoms with Crippen LogP contribution in [0.4, 0.5) is 11.8 Å². The smallest absolute Gasteiger partial charge is 0.225 e. The second-order valence-electron chi connectivity index (χ2n) is 4.39. The molecule has 2 aromatic rings. The minimum Gasteiger partial charge on any atom is -0.372 e. The Labute approximate surface area is 117 Å². The number of morpholine rings is 1. The molecule has 0 aromatic carbocycles. The molecule has 3 heterocycles. The van der Waals surface area contributed by atoms with Crippen LogP contribution in [0.25, 0.3) is 0 Å². The Bertz CT molecular complexity index is 564. The van der Waals surface area contributed by atoms with Crippen molar-refractivity contribution in [2.75, 3.05) is 37.0 Å². The first-order valence-corrected chi connectivity index (χ1v) is 6.50. The molecule has 0 aliphatic carbocycles. The summed E-state index contributed by atoms with van der Waals surface area (Å²) in [4.78, 5) is 19.3. The van der Waals surface area contributed by atoms with Gasteiger partial charge in [-0.05, 0) is 6.07 Å². The zero-order valence-electron chi connectivity index (χ0n) is 11.2.